The third-order valence-electron chi connectivity index (χ3n) is 12.4. The minimum atomic E-state index is -0.810. The van der Waals surface area contributed by atoms with Gasteiger partial charge in [0.1, 0.15) is 11.6 Å². The molecular formula is C46H60N10O5. The molecule has 15 heteroatoms. The number of anilines is 2. The number of hydrogen-bond donors (Lipinski definition) is 4. The number of nitrogens with two attached hydrogens (primary N) is 1. The number of hydrogen-bond acceptors (Lipinski definition) is 10. The van der Waals surface area contributed by atoms with Crippen molar-refractivity contribution in [3.05, 3.63) is 76.2 Å². The molecule has 324 valence electrons. The van der Waals surface area contributed by atoms with Gasteiger partial charge in [-0.15, -0.1) is 0 Å². The summed E-state index contributed by atoms with van der Waals surface area (Å²) < 4.78 is 7.23. The largest absolute Gasteiger partial charge is 0.444 e. The molecule has 4 aromatic rings. The molecule has 1 aliphatic carbocycles. The van der Waals surface area contributed by atoms with Crippen LogP contribution < -0.4 is 21.3 Å². The maximum Gasteiger partial charge on any atom is 0.408 e. The molecule has 0 radical (unpaired) electrons. The second-order valence-corrected chi connectivity index (χ2v) is 18.2. The van der Waals surface area contributed by atoms with E-state index < -0.39 is 23.2 Å². The number of nitrogens with zero attached hydrogens (tertiary/aromatic N) is 6. The van der Waals surface area contributed by atoms with E-state index in [2.05, 4.69) is 69.4 Å². The van der Waals surface area contributed by atoms with E-state index in [1.807, 2.05) is 17.0 Å². The number of amides is 3. The summed E-state index contributed by atoms with van der Waals surface area (Å²) in [5.41, 5.74) is 11.8. The summed E-state index contributed by atoms with van der Waals surface area (Å²) in [6, 6.07) is 11.0. The van der Waals surface area contributed by atoms with Gasteiger partial charge in [-0.3, -0.25) is 19.3 Å². The van der Waals surface area contributed by atoms with Crippen molar-refractivity contribution in [2.45, 2.75) is 110 Å². The Bertz CT molecular complexity index is 2340. The SMILES string of the molecule is CCc1cc2c(cc1N1CCN(CCCC(=O)N3CC[C@@H](NC(=O)[C@H](CCCn4ccnc4N)NC(=O)OC(C)(C)C)C3)CC1)C(C)(C)c1[nH]c3cc(C#N)ccc3c1C2=O. The van der Waals surface area contributed by atoms with Gasteiger partial charge in [-0.05, 0) is 94.8 Å². The molecule has 2 aromatic carbocycles. The van der Waals surface area contributed by atoms with Crippen molar-refractivity contribution in [2.75, 3.05) is 56.4 Å². The predicted octanol–water partition coefficient (Wildman–Crippen LogP) is 5.24. The topological polar surface area (TPSA) is 195 Å². The number of nitrogen functional groups attached to an aromatic ring is 1. The average Bonchev–Trinajstić information content (AvgIpc) is 3.97. The smallest absolute Gasteiger partial charge is 0.408 e. The quantitative estimate of drug-likeness (QED) is 0.138. The number of fused-ring (bicyclic) bond motifs is 4. The van der Waals surface area contributed by atoms with Crippen molar-refractivity contribution >= 4 is 46.2 Å². The van der Waals surface area contributed by atoms with Gasteiger partial charge in [0.25, 0.3) is 0 Å². The van der Waals surface area contributed by atoms with E-state index in [1.165, 1.54) is 5.69 Å². The highest BCUT2D eigenvalue weighted by molar-refractivity contribution is 6.20. The summed E-state index contributed by atoms with van der Waals surface area (Å²) in [5.74, 6) is 0.191. The van der Waals surface area contributed by atoms with Crippen LogP contribution in [0.3, 0.4) is 0 Å². The van der Waals surface area contributed by atoms with Crippen LogP contribution in [0.25, 0.3) is 10.9 Å². The second-order valence-electron chi connectivity index (χ2n) is 18.2. The number of benzene rings is 2. The molecule has 2 fully saturated rings. The average molecular weight is 833 g/mol. The molecule has 5 N–H and O–H groups in total. The number of aromatic amines is 1. The fraction of sp³-hybridized carbons (Fsp3) is 0.522. The molecule has 2 aliphatic heterocycles. The first-order valence-corrected chi connectivity index (χ1v) is 21.7. The Morgan fingerprint density at radius 3 is 2.54 bits per heavy atom. The molecule has 61 heavy (non-hydrogen) atoms. The van der Waals surface area contributed by atoms with E-state index in [-0.39, 0.29) is 23.6 Å². The second kappa shape index (κ2) is 17.6. The maximum absolute atomic E-state index is 14.1. The van der Waals surface area contributed by atoms with Gasteiger partial charge >= 0.3 is 6.09 Å². The van der Waals surface area contributed by atoms with Crippen LogP contribution in [0, 0.1) is 11.3 Å². The molecular weight excluding hydrogens is 773 g/mol. The maximum atomic E-state index is 14.1. The van der Waals surface area contributed by atoms with Crippen LogP contribution >= 0.6 is 0 Å². The molecule has 0 bridgehead atoms. The van der Waals surface area contributed by atoms with Crippen molar-refractivity contribution in [3.63, 3.8) is 0 Å². The highest BCUT2D eigenvalue weighted by Gasteiger charge is 2.41. The minimum Gasteiger partial charge on any atom is -0.444 e. The predicted molar refractivity (Wildman–Crippen MR) is 234 cm³/mol. The fourth-order valence-corrected chi connectivity index (χ4v) is 9.10. The Labute approximate surface area is 358 Å². The number of aryl methyl sites for hydroxylation is 2. The number of ketones is 1. The molecule has 3 aliphatic rings. The van der Waals surface area contributed by atoms with Crippen LogP contribution in [0.4, 0.5) is 16.4 Å². The van der Waals surface area contributed by atoms with Crippen molar-refractivity contribution in [1.82, 2.24) is 35.0 Å². The van der Waals surface area contributed by atoms with Gasteiger partial charge in [0.05, 0.1) is 17.2 Å². The number of carbonyl (C=O) groups excluding carboxylic acids is 4. The van der Waals surface area contributed by atoms with Gasteiger partial charge in [-0.1, -0.05) is 26.8 Å². The fourth-order valence-electron chi connectivity index (χ4n) is 9.10. The number of H-pyrrole nitrogens is 1. The lowest BCUT2D eigenvalue weighted by Crippen LogP contribution is -2.51. The van der Waals surface area contributed by atoms with E-state index in [9.17, 15) is 24.4 Å². The Morgan fingerprint density at radius 2 is 1.85 bits per heavy atom. The van der Waals surface area contributed by atoms with Crippen LogP contribution in [0.15, 0.2) is 42.7 Å². The summed E-state index contributed by atoms with van der Waals surface area (Å²) >= 11 is 0. The first-order valence-electron chi connectivity index (χ1n) is 21.7. The molecule has 0 spiro atoms. The first kappa shape index (κ1) is 43.2. The van der Waals surface area contributed by atoms with Crippen LogP contribution in [-0.4, -0.2) is 112 Å². The van der Waals surface area contributed by atoms with E-state index in [0.29, 0.717) is 62.4 Å². The third-order valence-corrected chi connectivity index (χ3v) is 12.4. The Balaban J connectivity index is 0.894. The molecule has 2 saturated heterocycles. The first-order chi connectivity index (χ1) is 29.1. The number of rotatable bonds is 13. The number of aromatic nitrogens is 3. The summed E-state index contributed by atoms with van der Waals surface area (Å²) in [7, 11) is 0. The van der Waals surface area contributed by atoms with Crippen LogP contribution in [0.1, 0.15) is 112 Å². The summed E-state index contributed by atoms with van der Waals surface area (Å²) in [6.45, 7) is 17.6. The monoisotopic (exact) mass is 832 g/mol. The zero-order chi connectivity index (χ0) is 43.6. The zero-order valence-electron chi connectivity index (χ0n) is 36.4. The Kier molecular flexibility index (Phi) is 12.5. The van der Waals surface area contributed by atoms with E-state index >= 15 is 0 Å². The van der Waals surface area contributed by atoms with E-state index in [1.54, 1.807) is 43.8 Å². The van der Waals surface area contributed by atoms with Gasteiger partial charge in [0, 0.05) is 104 Å². The number of nitriles is 1. The number of alkyl carbamates (subject to hydrolysis) is 1. The number of imidazole rings is 1. The summed E-state index contributed by atoms with van der Waals surface area (Å²) in [4.78, 5) is 67.8. The molecule has 2 atom stereocenters. The van der Waals surface area contributed by atoms with Gasteiger partial charge in [0.2, 0.25) is 11.8 Å². The third kappa shape index (κ3) is 9.39. The number of piperazine rings is 1. The van der Waals surface area contributed by atoms with Crippen molar-refractivity contribution in [1.29, 1.82) is 5.26 Å². The molecule has 15 nitrogen and oxygen atoms in total. The summed E-state index contributed by atoms with van der Waals surface area (Å²) in [6.07, 6.45) is 6.30. The van der Waals surface area contributed by atoms with Gasteiger partial charge in [0.15, 0.2) is 11.7 Å². The van der Waals surface area contributed by atoms with Crippen LogP contribution in [0.2, 0.25) is 0 Å². The highest BCUT2D eigenvalue weighted by atomic mass is 16.6. The molecule has 7 rings (SSSR count). The normalized spacial score (nSPS) is 18.0. The lowest BCUT2D eigenvalue weighted by molar-refractivity contribution is -0.131. The summed E-state index contributed by atoms with van der Waals surface area (Å²) in [5, 5.41) is 16.1. The molecule has 0 saturated carbocycles. The Hall–Kier alpha value is -5.88. The van der Waals surface area contributed by atoms with Gasteiger partial charge in [-0.25, -0.2) is 9.78 Å². The van der Waals surface area contributed by atoms with Gasteiger partial charge < -0.3 is 40.5 Å². The lowest BCUT2D eigenvalue weighted by Gasteiger charge is -2.39. The molecule has 0 unspecified atom stereocenters. The molecule has 3 amide bonds. The Morgan fingerprint density at radius 1 is 1.08 bits per heavy atom. The van der Waals surface area contributed by atoms with Crippen LogP contribution in [-0.2, 0) is 32.7 Å². The van der Waals surface area contributed by atoms with Crippen molar-refractivity contribution in [2.24, 2.45) is 0 Å². The number of ether oxygens (including phenoxy) is 1. The molecule has 4 heterocycles. The number of carbonyl (C=O) groups is 4. The van der Waals surface area contributed by atoms with Crippen molar-refractivity contribution in [3.8, 4) is 6.07 Å². The lowest BCUT2D eigenvalue weighted by atomic mass is 9.70. The van der Waals surface area contributed by atoms with Gasteiger partial charge in [-0.2, -0.15) is 5.26 Å². The number of likely N-dealkylation sites (tertiary alicyclic amines) is 1. The van der Waals surface area contributed by atoms with E-state index in [0.717, 1.165) is 78.9 Å². The number of nitrogens with one attached hydrogen (secondary N) is 3. The minimum absolute atomic E-state index is 0.0243. The van der Waals surface area contributed by atoms with Crippen molar-refractivity contribution < 1.29 is 23.9 Å². The van der Waals surface area contributed by atoms with E-state index in [4.69, 9.17) is 10.5 Å². The zero-order valence-corrected chi connectivity index (χ0v) is 36.4. The molecule has 2 aromatic heterocycles. The standard InChI is InChI=1S/C46H60N10O5/c1-7-30-25-33-34(46(5,6)41-39(40(33)58)32-13-12-29(27-47)24-36(32)51-41)26-37(30)54-22-20-53(21-23-54)16-9-11-38(57)56-18-14-31(28-56)50-42(59)35(52-44(60)61-45(2,3)4)10-8-17-55-19-15-49-43(55)48/h12-13,15,19,24-26,31,35,51H,7-11,14,16-18,20-23,28H2,1-6H3,(H2,48,49)(H,50,59)(H,52,60)/t31-,35+/m1/s1. The highest BCUT2D eigenvalue weighted by Crippen LogP contribution is 2.46. The van der Waals surface area contributed by atoms with Crippen LogP contribution in [0.5, 0.6) is 0 Å².